The monoisotopic (exact) mass is 314 g/mol. The van der Waals surface area contributed by atoms with Gasteiger partial charge in [-0.2, -0.15) is 0 Å². The van der Waals surface area contributed by atoms with Crippen LogP contribution in [0.2, 0.25) is 0 Å². The summed E-state index contributed by atoms with van der Waals surface area (Å²) in [7, 11) is 0. The van der Waals surface area contributed by atoms with Gasteiger partial charge < -0.3 is 5.11 Å². The molecule has 1 atom stereocenters. The number of halogens is 2. The Kier molecular flexibility index (Phi) is 3.97. The number of benzene rings is 1. The lowest BCUT2D eigenvalue weighted by Crippen LogP contribution is -2.01. The Bertz CT molecular complexity index is 504. The maximum absolute atomic E-state index is 13.7. The van der Waals surface area contributed by atoms with Crippen molar-refractivity contribution in [2.75, 3.05) is 0 Å². The Morgan fingerprint density at radius 3 is 2.71 bits per heavy atom. The summed E-state index contributed by atoms with van der Waals surface area (Å²) in [5.74, 6) is -0.390. The maximum atomic E-state index is 13.7. The molecule has 0 fully saturated rings. The van der Waals surface area contributed by atoms with Crippen LogP contribution in [0.25, 0.3) is 0 Å². The highest BCUT2D eigenvalue weighted by Gasteiger charge is 2.19. The molecule has 0 saturated carbocycles. The van der Waals surface area contributed by atoms with E-state index in [9.17, 15) is 9.50 Å². The second-order valence-corrected chi connectivity index (χ2v) is 5.75. The van der Waals surface area contributed by atoms with E-state index >= 15 is 0 Å². The van der Waals surface area contributed by atoms with E-state index in [-0.39, 0.29) is 0 Å². The van der Waals surface area contributed by atoms with E-state index in [1.54, 1.807) is 12.1 Å². The zero-order valence-electron chi connectivity index (χ0n) is 9.28. The third kappa shape index (κ3) is 2.59. The van der Waals surface area contributed by atoms with E-state index in [2.05, 4.69) is 22.9 Å². The number of aryl methyl sites for hydroxylation is 1. The van der Waals surface area contributed by atoms with E-state index in [0.29, 0.717) is 10.0 Å². The molecule has 1 aromatic heterocycles. The molecule has 1 unspecified atom stereocenters. The van der Waals surface area contributed by atoms with Crippen LogP contribution >= 0.6 is 27.3 Å². The molecule has 2 rings (SSSR count). The van der Waals surface area contributed by atoms with Crippen LogP contribution in [0.15, 0.2) is 34.8 Å². The fourth-order valence-electron chi connectivity index (χ4n) is 1.65. The number of rotatable bonds is 3. The molecule has 0 amide bonds. The lowest BCUT2D eigenvalue weighted by molar-refractivity contribution is 0.218. The Morgan fingerprint density at radius 2 is 2.12 bits per heavy atom. The van der Waals surface area contributed by atoms with Gasteiger partial charge in [0.1, 0.15) is 11.9 Å². The Balaban J connectivity index is 2.39. The summed E-state index contributed by atoms with van der Waals surface area (Å²) in [5.41, 5.74) is 0.303. The Hall–Kier alpha value is -0.710. The molecule has 0 bridgehead atoms. The molecule has 0 aliphatic rings. The average Bonchev–Trinajstić information content (AvgIpc) is 2.77. The predicted octanol–water partition coefficient (Wildman–Crippen LogP) is 4.29. The van der Waals surface area contributed by atoms with Gasteiger partial charge in [-0.05, 0) is 30.7 Å². The van der Waals surface area contributed by atoms with Crippen LogP contribution in [0.1, 0.15) is 28.3 Å². The largest absolute Gasteiger partial charge is 0.383 e. The molecule has 1 aromatic carbocycles. The number of aliphatic hydroxyl groups is 1. The molecule has 0 spiro atoms. The molecule has 1 N–H and O–H groups in total. The maximum Gasteiger partial charge on any atom is 0.130 e. The number of thiophene rings is 1. The zero-order chi connectivity index (χ0) is 12.4. The summed E-state index contributed by atoms with van der Waals surface area (Å²) >= 11 is 4.79. The van der Waals surface area contributed by atoms with Crippen LogP contribution in [0, 0.1) is 5.82 Å². The van der Waals surface area contributed by atoms with E-state index in [4.69, 9.17) is 0 Å². The molecule has 0 radical (unpaired) electrons. The summed E-state index contributed by atoms with van der Waals surface area (Å²) < 4.78 is 14.3. The molecule has 0 aliphatic heterocycles. The minimum Gasteiger partial charge on any atom is -0.383 e. The van der Waals surface area contributed by atoms with E-state index < -0.39 is 11.9 Å². The van der Waals surface area contributed by atoms with Crippen molar-refractivity contribution in [3.05, 3.63) is 55.9 Å². The van der Waals surface area contributed by atoms with Crippen molar-refractivity contribution in [3.8, 4) is 0 Å². The average molecular weight is 315 g/mol. The molecule has 4 heteroatoms. The van der Waals surface area contributed by atoms with Crippen LogP contribution in [0.5, 0.6) is 0 Å². The van der Waals surface area contributed by atoms with Crippen LogP contribution in [0.3, 0.4) is 0 Å². The number of aliphatic hydroxyl groups excluding tert-OH is 1. The molecule has 17 heavy (non-hydrogen) atoms. The van der Waals surface area contributed by atoms with Gasteiger partial charge in [-0.3, -0.25) is 0 Å². The van der Waals surface area contributed by atoms with Gasteiger partial charge in [-0.25, -0.2) is 4.39 Å². The molecule has 0 saturated heterocycles. The third-order valence-corrected chi connectivity index (χ3v) is 4.55. The van der Waals surface area contributed by atoms with Crippen molar-refractivity contribution in [1.82, 2.24) is 0 Å². The van der Waals surface area contributed by atoms with Gasteiger partial charge in [0.05, 0.1) is 0 Å². The highest BCUT2D eigenvalue weighted by molar-refractivity contribution is 9.10. The van der Waals surface area contributed by atoms with Gasteiger partial charge in [0.2, 0.25) is 0 Å². The third-order valence-electron chi connectivity index (χ3n) is 2.57. The summed E-state index contributed by atoms with van der Waals surface area (Å²) in [6, 6.07) is 8.53. The van der Waals surface area contributed by atoms with Crippen molar-refractivity contribution < 1.29 is 9.50 Å². The summed E-state index contributed by atoms with van der Waals surface area (Å²) in [5, 5.41) is 10.2. The van der Waals surface area contributed by atoms with E-state index in [1.807, 2.05) is 12.1 Å². The standard InChI is InChI=1S/C13H12BrFOS/c1-2-8-6-7-11(17-8)13(16)12-9(14)4-3-5-10(12)15/h3-7,13,16H,2H2,1H3. The molecule has 0 aliphatic carbocycles. The highest BCUT2D eigenvalue weighted by Crippen LogP contribution is 2.34. The molecular weight excluding hydrogens is 303 g/mol. The van der Waals surface area contributed by atoms with Crippen molar-refractivity contribution >= 4 is 27.3 Å². The van der Waals surface area contributed by atoms with Gasteiger partial charge >= 0.3 is 0 Å². The highest BCUT2D eigenvalue weighted by atomic mass is 79.9. The summed E-state index contributed by atoms with van der Waals surface area (Å²) in [4.78, 5) is 1.96. The minimum atomic E-state index is -0.907. The predicted molar refractivity (Wildman–Crippen MR) is 71.9 cm³/mol. The first-order valence-corrected chi connectivity index (χ1v) is 6.95. The fraction of sp³-hybridized carbons (Fsp3) is 0.231. The minimum absolute atomic E-state index is 0.303. The topological polar surface area (TPSA) is 20.2 Å². The van der Waals surface area contributed by atoms with Gasteiger partial charge in [0.15, 0.2) is 0 Å². The molecular formula is C13H12BrFOS. The molecule has 2 aromatic rings. The van der Waals surface area contributed by atoms with Gasteiger partial charge in [0, 0.05) is 19.8 Å². The Morgan fingerprint density at radius 1 is 1.35 bits per heavy atom. The first kappa shape index (κ1) is 12.7. The first-order chi connectivity index (χ1) is 8.13. The first-order valence-electron chi connectivity index (χ1n) is 5.34. The Labute approximate surface area is 112 Å². The van der Waals surface area contributed by atoms with Crippen LogP contribution < -0.4 is 0 Å². The van der Waals surface area contributed by atoms with Crippen LogP contribution in [-0.4, -0.2) is 5.11 Å². The van der Waals surface area contributed by atoms with Gasteiger partial charge in [-0.15, -0.1) is 11.3 Å². The second-order valence-electron chi connectivity index (χ2n) is 3.70. The van der Waals surface area contributed by atoms with E-state index in [0.717, 1.165) is 11.3 Å². The van der Waals surface area contributed by atoms with Crippen LogP contribution in [-0.2, 0) is 6.42 Å². The molecule has 1 nitrogen and oxygen atoms in total. The van der Waals surface area contributed by atoms with Crippen molar-refractivity contribution in [2.24, 2.45) is 0 Å². The lowest BCUT2D eigenvalue weighted by atomic mass is 10.1. The summed E-state index contributed by atoms with van der Waals surface area (Å²) in [6.07, 6.45) is 0.0198. The summed E-state index contributed by atoms with van der Waals surface area (Å²) in [6.45, 7) is 2.06. The zero-order valence-corrected chi connectivity index (χ0v) is 11.7. The lowest BCUT2D eigenvalue weighted by Gasteiger charge is -2.12. The number of hydrogen-bond acceptors (Lipinski definition) is 2. The molecule has 90 valence electrons. The smallest absolute Gasteiger partial charge is 0.130 e. The van der Waals surface area contributed by atoms with Crippen molar-refractivity contribution in [2.45, 2.75) is 19.4 Å². The quantitative estimate of drug-likeness (QED) is 0.895. The SMILES string of the molecule is CCc1ccc(C(O)c2c(F)cccc2Br)s1. The fourth-order valence-corrected chi connectivity index (χ4v) is 3.15. The van der Waals surface area contributed by atoms with Crippen molar-refractivity contribution in [1.29, 1.82) is 0 Å². The molecule has 1 heterocycles. The van der Waals surface area contributed by atoms with Crippen molar-refractivity contribution in [3.63, 3.8) is 0 Å². The van der Waals surface area contributed by atoms with Gasteiger partial charge in [0.25, 0.3) is 0 Å². The normalized spacial score (nSPS) is 12.7. The number of hydrogen-bond donors (Lipinski definition) is 1. The van der Waals surface area contributed by atoms with Crippen LogP contribution in [0.4, 0.5) is 4.39 Å². The van der Waals surface area contributed by atoms with E-state index in [1.165, 1.54) is 22.3 Å². The van der Waals surface area contributed by atoms with Gasteiger partial charge in [-0.1, -0.05) is 28.9 Å². The second kappa shape index (κ2) is 5.29.